The Morgan fingerprint density at radius 2 is 1.71 bits per heavy atom. The standard InChI is InChI=1S/C21H26N4O3/c1-16-2-4-17(5-3-16)14-24-8-10-25(11-9-24)15-21(28)23-22-13-18-6-7-19(26)20(27)12-18/h2-7,12-13,26-27H,8-11,14-15H2,1H3,(H,23,28)/b22-13-. The number of rotatable bonds is 6. The Balaban J connectivity index is 1.39. The summed E-state index contributed by atoms with van der Waals surface area (Å²) in [7, 11) is 0. The molecule has 7 heteroatoms. The molecule has 0 unspecified atom stereocenters. The molecule has 148 valence electrons. The number of carbonyl (C=O) groups excluding carboxylic acids is 1. The zero-order valence-electron chi connectivity index (χ0n) is 16.0. The highest BCUT2D eigenvalue weighted by Crippen LogP contribution is 2.23. The van der Waals surface area contributed by atoms with Crippen molar-refractivity contribution in [3.05, 3.63) is 59.2 Å². The molecule has 1 aliphatic rings. The smallest absolute Gasteiger partial charge is 0.254 e. The second-order valence-electron chi connectivity index (χ2n) is 7.08. The number of carbonyl (C=O) groups is 1. The fourth-order valence-electron chi connectivity index (χ4n) is 3.10. The molecule has 28 heavy (non-hydrogen) atoms. The van der Waals surface area contributed by atoms with Crippen molar-refractivity contribution < 1.29 is 15.0 Å². The molecule has 2 aromatic rings. The lowest BCUT2D eigenvalue weighted by molar-refractivity contribution is -0.122. The van der Waals surface area contributed by atoms with Gasteiger partial charge in [-0.25, -0.2) is 5.43 Å². The Hall–Kier alpha value is -2.90. The highest BCUT2D eigenvalue weighted by Gasteiger charge is 2.18. The van der Waals surface area contributed by atoms with Gasteiger partial charge in [-0.1, -0.05) is 29.8 Å². The summed E-state index contributed by atoms with van der Waals surface area (Å²) in [6.07, 6.45) is 1.43. The largest absolute Gasteiger partial charge is 0.504 e. The molecule has 1 heterocycles. The Kier molecular flexibility index (Phi) is 6.62. The van der Waals surface area contributed by atoms with E-state index in [1.807, 2.05) is 0 Å². The molecule has 0 saturated carbocycles. The molecule has 1 aliphatic heterocycles. The number of aryl methyl sites for hydroxylation is 1. The summed E-state index contributed by atoms with van der Waals surface area (Å²) < 4.78 is 0. The van der Waals surface area contributed by atoms with Gasteiger partial charge >= 0.3 is 0 Å². The highest BCUT2D eigenvalue weighted by atomic mass is 16.3. The van der Waals surface area contributed by atoms with Crippen molar-refractivity contribution in [2.75, 3.05) is 32.7 Å². The van der Waals surface area contributed by atoms with Gasteiger partial charge in [0.1, 0.15) is 0 Å². The van der Waals surface area contributed by atoms with Crippen LogP contribution in [-0.4, -0.2) is 64.9 Å². The van der Waals surface area contributed by atoms with Gasteiger partial charge in [-0.05, 0) is 36.2 Å². The number of nitrogens with zero attached hydrogens (tertiary/aromatic N) is 3. The van der Waals surface area contributed by atoms with Crippen LogP contribution >= 0.6 is 0 Å². The van der Waals surface area contributed by atoms with Gasteiger partial charge in [0.2, 0.25) is 0 Å². The molecule has 3 rings (SSSR count). The topological polar surface area (TPSA) is 88.4 Å². The van der Waals surface area contributed by atoms with E-state index in [0.29, 0.717) is 12.1 Å². The van der Waals surface area contributed by atoms with Gasteiger partial charge < -0.3 is 10.2 Å². The predicted molar refractivity (Wildman–Crippen MR) is 108 cm³/mol. The van der Waals surface area contributed by atoms with Crippen molar-refractivity contribution in [3.8, 4) is 11.5 Å². The minimum absolute atomic E-state index is 0.175. The first-order valence-electron chi connectivity index (χ1n) is 9.34. The Morgan fingerprint density at radius 1 is 1.04 bits per heavy atom. The van der Waals surface area contributed by atoms with Crippen molar-refractivity contribution in [2.45, 2.75) is 13.5 Å². The molecule has 1 amide bonds. The van der Waals surface area contributed by atoms with Crippen molar-refractivity contribution >= 4 is 12.1 Å². The number of piperazine rings is 1. The van der Waals surface area contributed by atoms with Crippen molar-refractivity contribution in [1.82, 2.24) is 15.2 Å². The van der Waals surface area contributed by atoms with Gasteiger partial charge in [-0.15, -0.1) is 0 Å². The predicted octanol–water partition coefficient (Wildman–Crippen LogP) is 1.67. The van der Waals surface area contributed by atoms with E-state index < -0.39 is 0 Å². The first kappa shape index (κ1) is 19.9. The molecule has 0 radical (unpaired) electrons. The van der Waals surface area contributed by atoms with Crippen LogP contribution in [0.5, 0.6) is 11.5 Å². The normalized spacial score (nSPS) is 15.8. The van der Waals surface area contributed by atoms with Gasteiger partial charge in [-0.2, -0.15) is 5.10 Å². The van der Waals surface area contributed by atoms with E-state index in [1.54, 1.807) is 6.07 Å². The molecular weight excluding hydrogens is 356 g/mol. The maximum atomic E-state index is 12.1. The average molecular weight is 382 g/mol. The maximum Gasteiger partial charge on any atom is 0.254 e. The average Bonchev–Trinajstić information content (AvgIpc) is 2.68. The van der Waals surface area contributed by atoms with Gasteiger partial charge in [-0.3, -0.25) is 14.6 Å². The molecule has 2 aromatic carbocycles. The summed E-state index contributed by atoms with van der Waals surface area (Å²) >= 11 is 0. The highest BCUT2D eigenvalue weighted by molar-refractivity contribution is 5.83. The van der Waals surface area contributed by atoms with Gasteiger partial charge in [0, 0.05) is 32.7 Å². The molecular formula is C21H26N4O3. The van der Waals surface area contributed by atoms with Crippen molar-refractivity contribution in [3.63, 3.8) is 0 Å². The van der Waals surface area contributed by atoms with Gasteiger partial charge in [0.25, 0.3) is 5.91 Å². The molecule has 0 aliphatic carbocycles. The molecule has 0 spiro atoms. The van der Waals surface area contributed by atoms with Crippen LogP contribution in [0.1, 0.15) is 16.7 Å². The second kappa shape index (κ2) is 9.34. The van der Waals surface area contributed by atoms with Crippen LogP contribution < -0.4 is 5.43 Å². The minimum Gasteiger partial charge on any atom is -0.504 e. The lowest BCUT2D eigenvalue weighted by Crippen LogP contribution is -2.48. The third-order valence-corrected chi connectivity index (χ3v) is 4.76. The van der Waals surface area contributed by atoms with Crippen LogP contribution in [0.3, 0.4) is 0 Å². The number of hydrazone groups is 1. The molecule has 0 bridgehead atoms. The van der Waals surface area contributed by atoms with E-state index in [0.717, 1.165) is 32.7 Å². The molecule has 0 atom stereocenters. The number of aromatic hydroxyl groups is 2. The van der Waals surface area contributed by atoms with Crippen LogP contribution in [0.25, 0.3) is 0 Å². The quantitative estimate of drug-likeness (QED) is 0.402. The van der Waals surface area contributed by atoms with E-state index in [9.17, 15) is 15.0 Å². The number of benzene rings is 2. The van der Waals surface area contributed by atoms with Crippen molar-refractivity contribution in [2.24, 2.45) is 5.10 Å². The van der Waals surface area contributed by atoms with Crippen LogP contribution in [0.15, 0.2) is 47.6 Å². The van der Waals surface area contributed by atoms with E-state index in [1.165, 1.54) is 29.5 Å². The summed E-state index contributed by atoms with van der Waals surface area (Å²) in [5.41, 5.74) is 5.66. The molecule has 0 aromatic heterocycles. The summed E-state index contributed by atoms with van der Waals surface area (Å²) in [5.74, 6) is -0.590. The summed E-state index contributed by atoms with van der Waals surface area (Å²) in [6, 6.07) is 12.9. The number of hydrogen-bond acceptors (Lipinski definition) is 6. The van der Waals surface area contributed by atoms with E-state index in [4.69, 9.17) is 0 Å². The molecule has 1 saturated heterocycles. The van der Waals surface area contributed by atoms with Crippen LogP contribution in [-0.2, 0) is 11.3 Å². The molecule has 1 fully saturated rings. The SMILES string of the molecule is Cc1ccc(CN2CCN(CC(=O)N/N=C\c3ccc(O)c(O)c3)CC2)cc1. The lowest BCUT2D eigenvalue weighted by Gasteiger charge is -2.34. The third kappa shape index (κ3) is 5.80. The molecule has 7 nitrogen and oxygen atoms in total. The zero-order valence-corrected chi connectivity index (χ0v) is 16.0. The Bertz CT molecular complexity index is 828. The zero-order chi connectivity index (χ0) is 19.9. The minimum atomic E-state index is -0.223. The fourth-order valence-corrected chi connectivity index (χ4v) is 3.10. The number of phenols is 2. The summed E-state index contributed by atoms with van der Waals surface area (Å²) in [6.45, 7) is 6.87. The number of phenolic OH excluding ortho intramolecular Hbond substituents is 2. The molecule has 3 N–H and O–H groups in total. The number of amides is 1. The van der Waals surface area contributed by atoms with E-state index in [-0.39, 0.29) is 17.4 Å². The maximum absolute atomic E-state index is 12.1. The van der Waals surface area contributed by atoms with Crippen LogP contribution in [0, 0.1) is 6.92 Å². The summed E-state index contributed by atoms with van der Waals surface area (Å²) in [5, 5.41) is 22.6. The Morgan fingerprint density at radius 3 is 2.39 bits per heavy atom. The number of hydrogen-bond donors (Lipinski definition) is 3. The van der Waals surface area contributed by atoms with Gasteiger partial charge in [0.05, 0.1) is 12.8 Å². The van der Waals surface area contributed by atoms with Crippen LogP contribution in [0.4, 0.5) is 0 Å². The van der Waals surface area contributed by atoms with E-state index >= 15 is 0 Å². The summed E-state index contributed by atoms with van der Waals surface area (Å²) in [4.78, 5) is 16.6. The third-order valence-electron chi connectivity index (χ3n) is 4.76. The first-order chi connectivity index (χ1) is 13.5. The van der Waals surface area contributed by atoms with Crippen LogP contribution in [0.2, 0.25) is 0 Å². The van der Waals surface area contributed by atoms with E-state index in [2.05, 4.69) is 51.5 Å². The fraction of sp³-hybridized carbons (Fsp3) is 0.333. The lowest BCUT2D eigenvalue weighted by atomic mass is 10.1. The first-order valence-corrected chi connectivity index (χ1v) is 9.34. The number of nitrogens with one attached hydrogen (secondary N) is 1. The second-order valence-corrected chi connectivity index (χ2v) is 7.08. The monoisotopic (exact) mass is 382 g/mol. The Labute approximate surface area is 164 Å². The van der Waals surface area contributed by atoms with Crippen molar-refractivity contribution in [1.29, 1.82) is 0 Å². The van der Waals surface area contributed by atoms with Gasteiger partial charge in [0.15, 0.2) is 11.5 Å².